The van der Waals surface area contributed by atoms with Crippen molar-refractivity contribution in [3.63, 3.8) is 0 Å². The molecule has 0 saturated carbocycles. The largest absolute Gasteiger partial charge is 0.0656 e. The van der Waals surface area contributed by atoms with Crippen LogP contribution in [-0.2, 0) is 0 Å². The molecule has 0 radical (unpaired) electrons. The quantitative estimate of drug-likeness (QED) is 0.487. The molecule has 0 bridgehead atoms. The Morgan fingerprint density at radius 2 is 0.737 bits per heavy atom. The van der Waals surface area contributed by atoms with Crippen molar-refractivity contribution in [3.8, 4) is 0 Å². The van der Waals surface area contributed by atoms with Crippen molar-refractivity contribution >= 4 is 0 Å². The van der Waals surface area contributed by atoms with Crippen LogP contribution in [0.4, 0.5) is 0 Å². The zero-order valence-corrected chi connectivity index (χ0v) is 16.3. The lowest BCUT2D eigenvalue weighted by Crippen LogP contribution is -1.81. The summed E-state index contributed by atoms with van der Waals surface area (Å²) in [5, 5.41) is 0. The first-order chi connectivity index (χ1) is 8.72. The lowest BCUT2D eigenvalue weighted by molar-refractivity contribution is 0.576. The van der Waals surface area contributed by atoms with Crippen LogP contribution in [0.15, 0.2) is 0 Å². The molecule has 0 unspecified atom stereocenters. The van der Waals surface area contributed by atoms with E-state index in [1.165, 1.54) is 32.1 Å². The fraction of sp³-hybridized carbons (Fsp3) is 1.00. The van der Waals surface area contributed by atoms with E-state index in [1.807, 2.05) is 0 Å². The Hall–Kier alpha value is 0. The van der Waals surface area contributed by atoms with Crippen molar-refractivity contribution < 1.29 is 0 Å². The fourth-order valence-corrected chi connectivity index (χ4v) is 0.577. The molecule has 0 amide bonds. The van der Waals surface area contributed by atoms with Gasteiger partial charge in [-0.05, 0) is 17.8 Å². The smallest absolute Gasteiger partial charge is 0.0471 e. The van der Waals surface area contributed by atoms with Gasteiger partial charge >= 0.3 is 0 Å². The van der Waals surface area contributed by atoms with Gasteiger partial charge < -0.3 is 0 Å². The van der Waals surface area contributed by atoms with Crippen molar-refractivity contribution in [2.45, 2.75) is 108 Å². The summed E-state index contributed by atoms with van der Waals surface area (Å²) in [6, 6.07) is 0. The van der Waals surface area contributed by atoms with Gasteiger partial charge in [-0.2, -0.15) is 0 Å². The standard InChI is InChI=1S/C6H14.2C5H12.C3H8/c1-4-5-6(2)3;2*1-4-5(2)3;1-3-2/h6H,4-5H2,1-3H3;2*5H,4H2,1-3H3;3H2,1-2H3. The Kier molecular flexibility index (Phi) is 38.2. The van der Waals surface area contributed by atoms with Crippen molar-refractivity contribution in [1.82, 2.24) is 0 Å². The lowest BCUT2D eigenvalue weighted by Gasteiger charge is -1.95. The summed E-state index contributed by atoms with van der Waals surface area (Å²) < 4.78 is 0. The third-order valence-corrected chi connectivity index (χ3v) is 2.50. The maximum Gasteiger partial charge on any atom is -0.0471 e. The van der Waals surface area contributed by atoms with Crippen LogP contribution in [0.5, 0.6) is 0 Å². The van der Waals surface area contributed by atoms with Gasteiger partial charge in [-0.15, -0.1) is 0 Å². The summed E-state index contributed by atoms with van der Waals surface area (Å²) in [6.07, 6.45) is 6.57. The van der Waals surface area contributed by atoms with E-state index >= 15 is 0 Å². The zero-order valence-electron chi connectivity index (χ0n) is 16.3. The average Bonchev–Trinajstić information content (AvgIpc) is 2.31. The zero-order chi connectivity index (χ0) is 16.3. The van der Waals surface area contributed by atoms with Crippen molar-refractivity contribution in [1.29, 1.82) is 0 Å². The molecule has 0 heterocycles. The Balaban J connectivity index is -0.0000000811. The van der Waals surface area contributed by atoms with E-state index in [0.29, 0.717) is 0 Å². The second kappa shape index (κ2) is 26.5. The monoisotopic (exact) mass is 274 g/mol. The van der Waals surface area contributed by atoms with Crippen molar-refractivity contribution in [3.05, 3.63) is 0 Å². The van der Waals surface area contributed by atoms with Gasteiger partial charge in [0.25, 0.3) is 0 Å². The SMILES string of the molecule is CCC.CCC(C)C.CCC(C)C.CCCC(C)C. The molecule has 0 atom stereocenters. The normalized spacial score (nSPS) is 9.16. The van der Waals surface area contributed by atoms with Gasteiger partial charge in [-0.1, -0.05) is 108 Å². The molecule has 0 aromatic heterocycles. The topological polar surface area (TPSA) is 0 Å². The molecular formula is C19H46. The molecule has 0 heteroatoms. The molecule has 0 saturated heterocycles. The first-order valence-corrected chi connectivity index (χ1v) is 8.72. The van der Waals surface area contributed by atoms with Gasteiger partial charge in [0.2, 0.25) is 0 Å². The summed E-state index contributed by atoms with van der Waals surface area (Å²) in [7, 11) is 0. The van der Waals surface area contributed by atoms with Crippen LogP contribution < -0.4 is 0 Å². The molecule has 0 aliphatic rings. The van der Waals surface area contributed by atoms with Crippen LogP contribution in [0.25, 0.3) is 0 Å². The molecule has 122 valence electrons. The lowest BCUT2D eigenvalue weighted by atomic mass is 10.1. The number of rotatable bonds is 4. The maximum absolute atomic E-state index is 2.25. The molecule has 0 aliphatic carbocycles. The van der Waals surface area contributed by atoms with Crippen LogP contribution in [0.3, 0.4) is 0 Å². The predicted molar refractivity (Wildman–Crippen MR) is 96.0 cm³/mol. The Morgan fingerprint density at radius 1 is 0.526 bits per heavy atom. The molecule has 0 N–H and O–H groups in total. The second-order valence-corrected chi connectivity index (χ2v) is 6.49. The summed E-state index contributed by atoms with van der Waals surface area (Å²) >= 11 is 0. The molecule has 19 heavy (non-hydrogen) atoms. The highest BCUT2D eigenvalue weighted by Crippen LogP contribution is 2.00. The van der Waals surface area contributed by atoms with E-state index in [0.717, 1.165) is 17.8 Å². The van der Waals surface area contributed by atoms with Gasteiger partial charge in [-0.3, -0.25) is 0 Å². The predicted octanol–water partition coefficient (Wildman–Crippen LogP) is 7.96. The van der Waals surface area contributed by atoms with Crippen LogP contribution in [0.1, 0.15) is 108 Å². The molecule has 0 nitrogen and oxygen atoms in total. The molecule has 0 aromatic carbocycles. The van der Waals surface area contributed by atoms with Crippen LogP contribution in [0.2, 0.25) is 0 Å². The first kappa shape index (κ1) is 27.4. The van der Waals surface area contributed by atoms with E-state index in [4.69, 9.17) is 0 Å². The van der Waals surface area contributed by atoms with Gasteiger partial charge in [0.1, 0.15) is 0 Å². The second-order valence-electron chi connectivity index (χ2n) is 6.49. The Bertz CT molecular complexity index is 92.6. The summed E-state index contributed by atoms with van der Waals surface area (Å²) in [5.41, 5.74) is 0. The Labute approximate surface area is 126 Å². The number of hydrogen-bond donors (Lipinski definition) is 0. The maximum atomic E-state index is 2.25. The van der Waals surface area contributed by atoms with E-state index in [2.05, 4.69) is 76.2 Å². The van der Waals surface area contributed by atoms with Crippen molar-refractivity contribution in [2.24, 2.45) is 17.8 Å². The molecule has 0 rings (SSSR count). The molecule has 0 fully saturated rings. The third-order valence-electron chi connectivity index (χ3n) is 2.50. The minimum atomic E-state index is 0.884. The van der Waals surface area contributed by atoms with Gasteiger partial charge in [0, 0.05) is 0 Å². The molecule has 0 spiro atoms. The van der Waals surface area contributed by atoms with E-state index in [-0.39, 0.29) is 0 Å². The van der Waals surface area contributed by atoms with Crippen molar-refractivity contribution in [2.75, 3.05) is 0 Å². The highest BCUT2D eigenvalue weighted by molar-refractivity contribution is 4.38. The molecule has 0 aromatic rings. The van der Waals surface area contributed by atoms with Gasteiger partial charge in [0.15, 0.2) is 0 Å². The van der Waals surface area contributed by atoms with E-state index in [9.17, 15) is 0 Å². The minimum absolute atomic E-state index is 0.884. The van der Waals surface area contributed by atoms with Gasteiger partial charge in [-0.25, -0.2) is 0 Å². The summed E-state index contributed by atoms with van der Waals surface area (Å²) in [6.45, 7) is 24.3. The highest BCUT2D eigenvalue weighted by atomic mass is 13.9. The van der Waals surface area contributed by atoms with Crippen LogP contribution in [0, 0.1) is 17.8 Å². The fourth-order valence-electron chi connectivity index (χ4n) is 0.577. The third kappa shape index (κ3) is 94.0. The molecular weight excluding hydrogens is 228 g/mol. The minimum Gasteiger partial charge on any atom is -0.0656 e. The van der Waals surface area contributed by atoms with Crippen LogP contribution >= 0.6 is 0 Å². The van der Waals surface area contributed by atoms with E-state index in [1.54, 1.807) is 0 Å². The number of hydrogen-bond acceptors (Lipinski definition) is 0. The van der Waals surface area contributed by atoms with E-state index < -0.39 is 0 Å². The summed E-state index contributed by atoms with van der Waals surface area (Å²) in [4.78, 5) is 0. The van der Waals surface area contributed by atoms with Crippen LogP contribution in [-0.4, -0.2) is 0 Å². The Morgan fingerprint density at radius 3 is 0.737 bits per heavy atom. The average molecular weight is 275 g/mol. The molecule has 0 aliphatic heterocycles. The van der Waals surface area contributed by atoms with Gasteiger partial charge in [0.05, 0.1) is 0 Å². The summed E-state index contributed by atoms with van der Waals surface area (Å²) in [5.74, 6) is 2.67. The highest BCUT2D eigenvalue weighted by Gasteiger charge is 1.85. The first-order valence-electron chi connectivity index (χ1n) is 8.72.